The predicted molar refractivity (Wildman–Crippen MR) is 62.4 cm³/mol. The van der Waals surface area contributed by atoms with Crippen molar-refractivity contribution in [2.75, 3.05) is 0 Å². The molecule has 0 fully saturated rings. The average molecular weight is 245 g/mol. The van der Waals surface area contributed by atoms with Crippen molar-refractivity contribution in [3.63, 3.8) is 0 Å². The lowest BCUT2D eigenvalue weighted by Crippen LogP contribution is -1.95. The zero-order chi connectivity index (χ0) is 10.1. The third kappa shape index (κ3) is 1.73. The fourth-order valence-corrected chi connectivity index (χ4v) is 3.20. The molecule has 2 rings (SSSR count). The molecule has 0 aromatic carbocycles. The summed E-state index contributed by atoms with van der Waals surface area (Å²) in [4.78, 5) is 0.836. The molecule has 74 valence electrons. The number of halogens is 1. The number of rotatable bonds is 2. The van der Waals surface area contributed by atoms with Gasteiger partial charge in [-0.15, -0.1) is 11.3 Å². The first-order valence-electron chi connectivity index (χ1n) is 4.14. The Labute approximate surface area is 95.6 Å². The first-order valence-corrected chi connectivity index (χ1v) is 6.34. The quantitative estimate of drug-likeness (QED) is 0.851. The Morgan fingerprint density at radius 3 is 2.71 bits per heavy atom. The van der Waals surface area contributed by atoms with Crippen LogP contribution in [0.3, 0.4) is 0 Å². The summed E-state index contributed by atoms with van der Waals surface area (Å²) in [5.74, 6) is 0. The lowest BCUT2D eigenvalue weighted by Gasteiger charge is -2.06. The monoisotopic (exact) mass is 244 g/mol. The number of aliphatic hydroxyl groups is 1. The van der Waals surface area contributed by atoms with E-state index in [9.17, 15) is 5.11 Å². The van der Waals surface area contributed by atoms with Crippen LogP contribution in [-0.4, -0.2) is 5.11 Å². The smallest absolute Gasteiger partial charge is 0.115 e. The van der Waals surface area contributed by atoms with E-state index in [0.29, 0.717) is 5.02 Å². The minimum atomic E-state index is -0.576. The van der Waals surface area contributed by atoms with Crippen LogP contribution >= 0.6 is 34.3 Å². The van der Waals surface area contributed by atoms with Crippen molar-refractivity contribution in [1.82, 2.24) is 0 Å². The number of hydrogen-bond donors (Lipinski definition) is 1. The molecular weight excluding hydrogens is 236 g/mol. The Hall–Kier alpha value is -0.350. The van der Waals surface area contributed by atoms with Gasteiger partial charge in [-0.3, -0.25) is 0 Å². The fourth-order valence-electron chi connectivity index (χ4n) is 1.22. The summed E-state index contributed by atoms with van der Waals surface area (Å²) in [7, 11) is 0. The highest BCUT2D eigenvalue weighted by Gasteiger charge is 2.17. The van der Waals surface area contributed by atoms with Crippen LogP contribution in [0.5, 0.6) is 0 Å². The zero-order valence-electron chi connectivity index (χ0n) is 7.53. The van der Waals surface area contributed by atoms with Gasteiger partial charge in [-0.25, -0.2) is 0 Å². The van der Waals surface area contributed by atoms with E-state index in [1.807, 2.05) is 29.1 Å². The highest BCUT2D eigenvalue weighted by molar-refractivity contribution is 7.11. The number of hydrogen-bond acceptors (Lipinski definition) is 3. The van der Waals surface area contributed by atoms with Gasteiger partial charge in [0.2, 0.25) is 0 Å². The fraction of sp³-hybridized carbons (Fsp3) is 0.200. The van der Waals surface area contributed by atoms with Gasteiger partial charge in [0, 0.05) is 0 Å². The van der Waals surface area contributed by atoms with E-state index in [2.05, 4.69) is 0 Å². The molecule has 2 aromatic rings. The van der Waals surface area contributed by atoms with Gasteiger partial charge in [0.15, 0.2) is 0 Å². The Morgan fingerprint density at radius 1 is 1.43 bits per heavy atom. The molecule has 2 heterocycles. The van der Waals surface area contributed by atoms with Gasteiger partial charge in [-0.05, 0) is 40.3 Å². The zero-order valence-corrected chi connectivity index (χ0v) is 9.92. The third-order valence-electron chi connectivity index (χ3n) is 2.03. The Kier molecular flexibility index (Phi) is 2.93. The number of aryl methyl sites for hydroxylation is 1. The minimum absolute atomic E-state index is 0.576. The van der Waals surface area contributed by atoms with Crippen molar-refractivity contribution >= 4 is 34.3 Å². The van der Waals surface area contributed by atoms with Crippen molar-refractivity contribution in [2.24, 2.45) is 0 Å². The minimum Gasteiger partial charge on any atom is -0.383 e. The standard InChI is InChI=1S/C10H9ClOS2/c1-6-4-14-10(8(6)11)9(12)7-2-3-13-5-7/h2-5,9,12H,1H3. The molecule has 0 aliphatic carbocycles. The first-order chi connectivity index (χ1) is 6.70. The summed E-state index contributed by atoms with van der Waals surface area (Å²) in [6, 6.07) is 1.92. The van der Waals surface area contributed by atoms with E-state index < -0.39 is 6.10 Å². The van der Waals surface area contributed by atoms with E-state index in [4.69, 9.17) is 11.6 Å². The van der Waals surface area contributed by atoms with Crippen molar-refractivity contribution in [1.29, 1.82) is 0 Å². The van der Waals surface area contributed by atoms with Gasteiger partial charge in [0.05, 0.1) is 9.90 Å². The van der Waals surface area contributed by atoms with Gasteiger partial charge < -0.3 is 5.11 Å². The molecule has 0 amide bonds. The molecule has 0 aliphatic rings. The molecular formula is C10H9ClOS2. The molecule has 4 heteroatoms. The second-order valence-corrected chi connectivity index (χ2v) is 5.13. The molecule has 0 radical (unpaired) electrons. The molecule has 1 unspecified atom stereocenters. The van der Waals surface area contributed by atoms with E-state index in [1.54, 1.807) is 11.3 Å². The molecule has 1 nitrogen and oxygen atoms in total. The third-order valence-corrected chi connectivity index (χ3v) is 4.50. The Bertz CT molecular complexity index is 419. The highest BCUT2D eigenvalue weighted by Crippen LogP contribution is 2.36. The average Bonchev–Trinajstić information content (AvgIpc) is 2.77. The van der Waals surface area contributed by atoms with Gasteiger partial charge >= 0.3 is 0 Å². The lowest BCUT2D eigenvalue weighted by atomic mass is 10.1. The predicted octanol–water partition coefficient (Wildman–Crippen LogP) is 3.85. The van der Waals surface area contributed by atoms with Crippen molar-refractivity contribution in [2.45, 2.75) is 13.0 Å². The molecule has 0 saturated heterocycles. The molecule has 14 heavy (non-hydrogen) atoms. The summed E-state index contributed by atoms with van der Waals surface area (Å²) < 4.78 is 0. The second kappa shape index (κ2) is 4.03. The van der Waals surface area contributed by atoms with Gasteiger partial charge in [-0.2, -0.15) is 11.3 Å². The Balaban J connectivity index is 2.36. The van der Waals surface area contributed by atoms with Gasteiger partial charge in [0.1, 0.15) is 6.10 Å². The van der Waals surface area contributed by atoms with E-state index in [0.717, 1.165) is 16.0 Å². The maximum Gasteiger partial charge on any atom is 0.115 e. The summed E-state index contributed by atoms with van der Waals surface area (Å²) in [6.07, 6.45) is -0.576. The van der Waals surface area contributed by atoms with Crippen molar-refractivity contribution in [3.8, 4) is 0 Å². The first kappa shape index (κ1) is 10.2. The van der Waals surface area contributed by atoms with Crippen molar-refractivity contribution < 1.29 is 5.11 Å². The topological polar surface area (TPSA) is 20.2 Å². The molecule has 0 saturated carbocycles. The van der Waals surface area contributed by atoms with E-state index >= 15 is 0 Å². The van der Waals surface area contributed by atoms with Crippen LogP contribution in [0, 0.1) is 6.92 Å². The summed E-state index contributed by atoms with van der Waals surface area (Å²) >= 11 is 9.16. The van der Waals surface area contributed by atoms with Crippen LogP contribution in [0.25, 0.3) is 0 Å². The molecule has 2 aromatic heterocycles. The van der Waals surface area contributed by atoms with Gasteiger partial charge in [0.25, 0.3) is 0 Å². The van der Waals surface area contributed by atoms with Crippen LogP contribution in [0.1, 0.15) is 22.1 Å². The lowest BCUT2D eigenvalue weighted by molar-refractivity contribution is 0.225. The van der Waals surface area contributed by atoms with Crippen LogP contribution in [0.4, 0.5) is 0 Å². The van der Waals surface area contributed by atoms with Crippen LogP contribution in [-0.2, 0) is 0 Å². The summed E-state index contributed by atoms with van der Waals surface area (Å²) in [6.45, 7) is 1.95. The van der Waals surface area contributed by atoms with Crippen LogP contribution in [0.15, 0.2) is 22.2 Å². The van der Waals surface area contributed by atoms with Crippen LogP contribution < -0.4 is 0 Å². The molecule has 0 aliphatic heterocycles. The summed E-state index contributed by atoms with van der Waals surface area (Å²) in [5, 5.41) is 16.6. The summed E-state index contributed by atoms with van der Waals surface area (Å²) in [5.41, 5.74) is 1.94. The highest BCUT2D eigenvalue weighted by atomic mass is 35.5. The largest absolute Gasteiger partial charge is 0.383 e. The van der Waals surface area contributed by atoms with Gasteiger partial charge in [-0.1, -0.05) is 11.6 Å². The van der Waals surface area contributed by atoms with E-state index in [-0.39, 0.29) is 0 Å². The second-order valence-electron chi connectivity index (χ2n) is 3.06. The number of thiophene rings is 2. The Morgan fingerprint density at radius 2 is 2.21 bits per heavy atom. The normalized spacial score (nSPS) is 13.1. The SMILES string of the molecule is Cc1csc(C(O)c2ccsc2)c1Cl. The van der Waals surface area contributed by atoms with E-state index in [1.165, 1.54) is 11.3 Å². The number of aliphatic hydroxyl groups excluding tert-OH is 1. The molecule has 0 bridgehead atoms. The van der Waals surface area contributed by atoms with Crippen LogP contribution in [0.2, 0.25) is 5.02 Å². The maximum atomic E-state index is 10.0. The molecule has 1 atom stereocenters. The maximum absolute atomic E-state index is 10.0. The molecule has 0 spiro atoms. The van der Waals surface area contributed by atoms with Crippen molar-refractivity contribution in [3.05, 3.63) is 43.2 Å². The molecule has 1 N–H and O–H groups in total.